The Kier molecular flexibility index (Phi) is 4.61. The van der Waals surface area contributed by atoms with Crippen LogP contribution < -0.4 is 14.8 Å². The summed E-state index contributed by atoms with van der Waals surface area (Å²) in [5, 5.41) is 8.10. The molecule has 4 heterocycles. The fourth-order valence-corrected chi connectivity index (χ4v) is 4.68. The number of fused-ring (bicyclic) bond motifs is 3. The van der Waals surface area contributed by atoms with Crippen molar-refractivity contribution in [2.24, 2.45) is 0 Å². The summed E-state index contributed by atoms with van der Waals surface area (Å²) in [6, 6.07) is 18.1. The van der Waals surface area contributed by atoms with E-state index in [1.807, 2.05) is 48.1 Å². The van der Waals surface area contributed by atoms with E-state index in [2.05, 4.69) is 51.6 Å². The Morgan fingerprint density at radius 3 is 2.88 bits per heavy atom. The Morgan fingerprint density at radius 2 is 2.03 bits per heavy atom. The Labute approximate surface area is 191 Å². The molecule has 0 spiro atoms. The first-order chi connectivity index (χ1) is 16.2. The van der Waals surface area contributed by atoms with Gasteiger partial charge in [0, 0.05) is 29.1 Å². The van der Waals surface area contributed by atoms with E-state index < -0.39 is 0 Å². The van der Waals surface area contributed by atoms with Gasteiger partial charge in [-0.3, -0.25) is 4.98 Å². The van der Waals surface area contributed by atoms with Crippen LogP contribution in [0.5, 0.6) is 11.5 Å². The number of nitrogens with one attached hydrogen (secondary N) is 1. The molecule has 0 bridgehead atoms. The zero-order valence-electron chi connectivity index (χ0n) is 18.4. The minimum Gasteiger partial charge on any atom is -0.493 e. The van der Waals surface area contributed by atoms with Crippen LogP contribution in [0.2, 0.25) is 0 Å². The molecule has 0 amide bonds. The summed E-state index contributed by atoms with van der Waals surface area (Å²) >= 11 is 0. The summed E-state index contributed by atoms with van der Waals surface area (Å²) in [7, 11) is 0. The number of ether oxygens (including phenoxy) is 2. The van der Waals surface area contributed by atoms with Gasteiger partial charge in [-0.15, -0.1) is 0 Å². The fourth-order valence-electron chi connectivity index (χ4n) is 4.68. The highest BCUT2D eigenvalue weighted by Crippen LogP contribution is 2.51. The van der Waals surface area contributed by atoms with E-state index in [0.717, 1.165) is 45.0 Å². The monoisotopic (exact) mass is 437 g/mol. The third-order valence-corrected chi connectivity index (χ3v) is 6.07. The van der Waals surface area contributed by atoms with Gasteiger partial charge in [0.15, 0.2) is 6.10 Å². The van der Waals surface area contributed by atoms with Crippen molar-refractivity contribution >= 4 is 11.6 Å². The van der Waals surface area contributed by atoms with E-state index in [0.29, 0.717) is 12.6 Å². The van der Waals surface area contributed by atoms with Crippen LogP contribution in [0.4, 0.5) is 5.95 Å². The lowest BCUT2D eigenvalue weighted by Gasteiger charge is -2.39. The number of benzene rings is 2. The van der Waals surface area contributed by atoms with E-state index in [9.17, 15) is 0 Å². The number of nitrogens with zero attached hydrogens (tertiary/aromatic N) is 4. The van der Waals surface area contributed by atoms with E-state index in [1.165, 1.54) is 0 Å². The van der Waals surface area contributed by atoms with E-state index in [-0.39, 0.29) is 12.1 Å². The lowest BCUT2D eigenvalue weighted by molar-refractivity contribution is 0.215. The molecule has 7 heteroatoms. The molecular formula is C26H23N5O2. The topological polar surface area (TPSA) is 74.1 Å². The predicted octanol–water partition coefficient (Wildman–Crippen LogP) is 4.94. The molecule has 0 radical (unpaired) electrons. The van der Waals surface area contributed by atoms with Crippen molar-refractivity contribution in [3.8, 4) is 11.5 Å². The van der Waals surface area contributed by atoms with Gasteiger partial charge in [0.1, 0.15) is 23.9 Å². The van der Waals surface area contributed by atoms with Gasteiger partial charge in [0.2, 0.25) is 5.95 Å². The number of hydrogen-bond acceptors (Lipinski definition) is 6. The normalized spacial score (nSPS) is 18.5. The van der Waals surface area contributed by atoms with Gasteiger partial charge < -0.3 is 14.8 Å². The summed E-state index contributed by atoms with van der Waals surface area (Å²) in [6.45, 7) is 4.65. The summed E-state index contributed by atoms with van der Waals surface area (Å²) in [5.41, 5.74) is 6.19. The highest BCUT2D eigenvalue weighted by molar-refractivity contribution is 5.85. The van der Waals surface area contributed by atoms with Crippen molar-refractivity contribution in [3.05, 3.63) is 101 Å². The number of aryl methyl sites for hydroxylation is 1. The molecule has 164 valence electrons. The van der Waals surface area contributed by atoms with E-state index in [4.69, 9.17) is 9.47 Å². The number of rotatable bonds is 4. The van der Waals surface area contributed by atoms with Crippen molar-refractivity contribution < 1.29 is 9.47 Å². The Morgan fingerprint density at radius 1 is 1.12 bits per heavy atom. The lowest BCUT2D eigenvalue weighted by Crippen LogP contribution is -2.32. The predicted molar refractivity (Wildman–Crippen MR) is 125 cm³/mol. The number of pyridine rings is 1. The molecular weight excluding hydrogens is 414 g/mol. The maximum atomic E-state index is 6.71. The van der Waals surface area contributed by atoms with E-state index in [1.54, 1.807) is 12.5 Å². The van der Waals surface area contributed by atoms with Gasteiger partial charge in [-0.2, -0.15) is 10.1 Å². The second-order valence-electron chi connectivity index (χ2n) is 8.14. The average Bonchev–Trinajstić information content (AvgIpc) is 3.32. The molecule has 2 aliphatic heterocycles. The maximum Gasteiger partial charge on any atom is 0.226 e. The first-order valence-electron chi connectivity index (χ1n) is 11.0. The molecule has 2 aliphatic rings. The van der Waals surface area contributed by atoms with Crippen LogP contribution in [0.3, 0.4) is 0 Å². The number of hydrogen-bond donors (Lipinski definition) is 1. The van der Waals surface area contributed by atoms with E-state index >= 15 is 0 Å². The average molecular weight is 438 g/mol. The number of anilines is 1. The molecule has 1 N–H and O–H groups in total. The molecule has 2 atom stereocenters. The van der Waals surface area contributed by atoms with Gasteiger partial charge in [-0.05, 0) is 43.7 Å². The van der Waals surface area contributed by atoms with Crippen LogP contribution >= 0.6 is 0 Å². The standard InChI is InChI=1S/C26H23N5O2/c1-3-32-20-9-5-4-8-18(20)25-22-23(19-13-16(2)10-11-21(19)33-25)30-26-28-15-29-31(26)24(22)17-7-6-12-27-14-17/h4-15,24-25H,3H2,1-2H3,(H,28,29,30). The third-order valence-electron chi connectivity index (χ3n) is 6.07. The van der Waals surface area contributed by atoms with Crippen molar-refractivity contribution in [1.29, 1.82) is 0 Å². The minimum atomic E-state index is -0.381. The van der Waals surface area contributed by atoms with Crippen molar-refractivity contribution in [1.82, 2.24) is 19.7 Å². The quantitative estimate of drug-likeness (QED) is 0.487. The second kappa shape index (κ2) is 7.78. The van der Waals surface area contributed by atoms with Crippen molar-refractivity contribution in [3.63, 3.8) is 0 Å². The lowest BCUT2D eigenvalue weighted by atomic mass is 9.84. The highest BCUT2D eigenvalue weighted by atomic mass is 16.5. The fraction of sp³-hybridized carbons (Fsp3) is 0.192. The van der Waals surface area contributed by atoms with Gasteiger partial charge in [0.25, 0.3) is 0 Å². The molecule has 2 unspecified atom stereocenters. The molecule has 0 aliphatic carbocycles. The molecule has 33 heavy (non-hydrogen) atoms. The number of para-hydroxylation sites is 1. The molecule has 2 aromatic carbocycles. The molecule has 0 fully saturated rings. The van der Waals surface area contributed by atoms with Gasteiger partial charge in [-0.1, -0.05) is 35.9 Å². The van der Waals surface area contributed by atoms with Crippen molar-refractivity contribution in [2.75, 3.05) is 11.9 Å². The Balaban J connectivity index is 1.64. The molecule has 6 rings (SSSR count). The zero-order chi connectivity index (χ0) is 22.4. The first kappa shape index (κ1) is 19.5. The summed E-state index contributed by atoms with van der Waals surface area (Å²) < 4.78 is 14.6. The highest BCUT2D eigenvalue weighted by Gasteiger charge is 2.41. The SMILES string of the molecule is CCOc1ccccc1C1Oc2ccc(C)cc2C2=C1C(c1cccnc1)n1ncnc1N2. The van der Waals surface area contributed by atoms with Crippen LogP contribution in [-0.2, 0) is 0 Å². The second-order valence-corrected chi connectivity index (χ2v) is 8.14. The largest absolute Gasteiger partial charge is 0.493 e. The molecule has 0 saturated heterocycles. The molecule has 7 nitrogen and oxygen atoms in total. The van der Waals surface area contributed by atoms with Gasteiger partial charge in [-0.25, -0.2) is 4.68 Å². The minimum absolute atomic E-state index is 0.235. The third kappa shape index (κ3) is 3.16. The molecule has 4 aromatic rings. The Hall–Kier alpha value is -4.13. The van der Waals surface area contributed by atoms with Crippen LogP contribution in [0.1, 0.15) is 41.3 Å². The van der Waals surface area contributed by atoms with Crippen LogP contribution in [0.25, 0.3) is 5.70 Å². The molecule has 2 aromatic heterocycles. The van der Waals surface area contributed by atoms with Crippen LogP contribution in [-0.4, -0.2) is 26.4 Å². The van der Waals surface area contributed by atoms with Gasteiger partial charge in [0.05, 0.1) is 12.3 Å². The first-order valence-corrected chi connectivity index (χ1v) is 11.0. The summed E-state index contributed by atoms with van der Waals surface area (Å²) in [6.07, 6.45) is 4.85. The number of aromatic nitrogens is 4. The summed E-state index contributed by atoms with van der Waals surface area (Å²) in [4.78, 5) is 8.87. The maximum absolute atomic E-state index is 6.71. The van der Waals surface area contributed by atoms with Crippen molar-refractivity contribution in [2.45, 2.75) is 26.0 Å². The zero-order valence-corrected chi connectivity index (χ0v) is 18.4. The van der Waals surface area contributed by atoms with Crippen LogP contribution in [0, 0.1) is 6.92 Å². The summed E-state index contributed by atoms with van der Waals surface area (Å²) in [5.74, 6) is 2.32. The Bertz CT molecular complexity index is 1360. The molecule has 0 saturated carbocycles. The van der Waals surface area contributed by atoms with Crippen LogP contribution in [0.15, 0.2) is 78.9 Å². The van der Waals surface area contributed by atoms with Gasteiger partial charge >= 0.3 is 0 Å². The smallest absolute Gasteiger partial charge is 0.226 e.